The van der Waals surface area contributed by atoms with Gasteiger partial charge in [0.2, 0.25) is 0 Å². The normalized spacial score (nSPS) is 10.8. The molecule has 0 unspecified atom stereocenters. The summed E-state index contributed by atoms with van der Waals surface area (Å²) in [6.07, 6.45) is 5.46. The van der Waals surface area contributed by atoms with E-state index in [9.17, 15) is 0 Å². The maximum atomic E-state index is 5.94. The second-order valence-electron chi connectivity index (χ2n) is 2.73. The highest BCUT2D eigenvalue weighted by Gasteiger charge is 2.09. The molecule has 0 aromatic carbocycles. The Balaban J connectivity index is 2.67. The number of nitrogens with zero attached hydrogens (tertiary/aromatic N) is 2. The number of halogens is 1. The molecule has 0 amide bonds. The van der Waals surface area contributed by atoms with Crippen LogP contribution in [0.25, 0.3) is 0 Å². The highest BCUT2D eigenvalue weighted by atomic mass is 35.5. The van der Waals surface area contributed by atoms with E-state index >= 15 is 0 Å². The second kappa shape index (κ2) is 5.45. The van der Waals surface area contributed by atoms with Gasteiger partial charge in [0.25, 0.3) is 0 Å². The van der Waals surface area contributed by atoms with Crippen molar-refractivity contribution in [1.29, 1.82) is 0 Å². The van der Waals surface area contributed by atoms with Gasteiger partial charge in [-0.15, -0.1) is 11.8 Å². The molecule has 0 saturated carbocycles. The van der Waals surface area contributed by atoms with Gasteiger partial charge in [0.1, 0.15) is 11.4 Å². The Labute approximate surface area is 88.1 Å². The van der Waals surface area contributed by atoms with Gasteiger partial charge in [-0.1, -0.05) is 25.4 Å². The number of rotatable bonds is 4. The molecule has 0 atom stereocenters. The Morgan fingerprint density at radius 3 is 2.69 bits per heavy atom. The third-order valence-corrected chi connectivity index (χ3v) is 3.76. The fraction of sp³-hybridized carbons (Fsp3) is 0.556. The van der Waals surface area contributed by atoms with Crippen LogP contribution in [0.3, 0.4) is 0 Å². The largest absolute Gasteiger partial charge is 0.243 e. The van der Waals surface area contributed by atoms with Crippen molar-refractivity contribution in [1.82, 2.24) is 9.97 Å². The minimum absolute atomic E-state index is 0.604. The topological polar surface area (TPSA) is 25.8 Å². The third-order valence-electron chi connectivity index (χ3n) is 1.82. The smallest absolute Gasteiger partial charge is 0.118 e. The molecule has 0 bridgehead atoms. The highest BCUT2D eigenvalue weighted by Crippen LogP contribution is 2.30. The molecule has 0 spiro atoms. The maximum Gasteiger partial charge on any atom is 0.118 e. The molecule has 13 heavy (non-hydrogen) atoms. The summed E-state index contributed by atoms with van der Waals surface area (Å²) in [4.78, 5) is 7.98. The zero-order chi connectivity index (χ0) is 9.68. The predicted molar refractivity (Wildman–Crippen MR) is 57.3 cm³/mol. The van der Waals surface area contributed by atoms with E-state index in [1.807, 2.05) is 0 Å². The maximum absolute atomic E-state index is 5.94. The van der Waals surface area contributed by atoms with E-state index < -0.39 is 0 Å². The number of aromatic nitrogens is 2. The number of thioether (sulfide) groups is 1. The quantitative estimate of drug-likeness (QED) is 0.570. The number of hydrogen-bond donors (Lipinski definition) is 0. The molecule has 1 aromatic heterocycles. The van der Waals surface area contributed by atoms with Gasteiger partial charge < -0.3 is 0 Å². The van der Waals surface area contributed by atoms with E-state index in [0.29, 0.717) is 10.3 Å². The van der Waals surface area contributed by atoms with Crippen LogP contribution in [-0.2, 0) is 0 Å². The Kier molecular flexibility index (Phi) is 4.53. The second-order valence-corrected chi connectivity index (χ2v) is 4.43. The van der Waals surface area contributed by atoms with Gasteiger partial charge in [-0.05, 0) is 12.8 Å². The monoisotopic (exact) mass is 216 g/mol. The zero-order valence-electron chi connectivity index (χ0n) is 7.83. The third kappa shape index (κ3) is 3.16. The molecule has 0 aliphatic rings. The molecule has 0 saturated heterocycles. The Hall–Kier alpha value is -0.280. The van der Waals surface area contributed by atoms with Crippen molar-refractivity contribution in [2.75, 3.05) is 0 Å². The zero-order valence-corrected chi connectivity index (χ0v) is 9.40. The van der Waals surface area contributed by atoms with Gasteiger partial charge in [-0.25, -0.2) is 9.97 Å². The molecule has 1 heterocycles. The lowest BCUT2D eigenvalue weighted by atomic mass is 10.3. The fourth-order valence-corrected chi connectivity index (χ4v) is 2.16. The molecule has 0 aliphatic carbocycles. The Bertz CT molecular complexity index is 264. The molecule has 72 valence electrons. The molecular weight excluding hydrogens is 204 g/mol. The molecule has 2 nitrogen and oxygen atoms in total. The van der Waals surface area contributed by atoms with Gasteiger partial charge in [0, 0.05) is 5.25 Å². The average Bonchev–Trinajstić information content (AvgIpc) is 2.17. The van der Waals surface area contributed by atoms with Crippen molar-refractivity contribution < 1.29 is 0 Å². The van der Waals surface area contributed by atoms with Gasteiger partial charge in [-0.3, -0.25) is 0 Å². The van der Waals surface area contributed by atoms with Crippen molar-refractivity contribution in [2.24, 2.45) is 0 Å². The first-order chi connectivity index (χ1) is 6.27. The van der Waals surface area contributed by atoms with Crippen LogP contribution in [0.1, 0.15) is 26.7 Å². The summed E-state index contributed by atoms with van der Waals surface area (Å²) in [5.41, 5.74) is 0. The Morgan fingerprint density at radius 2 is 2.15 bits per heavy atom. The molecule has 0 N–H and O–H groups in total. The predicted octanol–water partition coefficient (Wildman–Crippen LogP) is 3.41. The summed E-state index contributed by atoms with van der Waals surface area (Å²) < 4.78 is 0. The molecule has 1 rings (SSSR count). The molecule has 4 heteroatoms. The van der Waals surface area contributed by atoms with Crippen LogP contribution in [0.4, 0.5) is 0 Å². The lowest BCUT2D eigenvalue weighted by molar-refractivity contribution is 0.789. The van der Waals surface area contributed by atoms with Crippen LogP contribution in [-0.4, -0.2) is 15.2 Å². The summed E-state index contributed by atoms with van der Waals surface area (Å²) in [6, 6.07) is 0. The van der Waals surface area contributed by atoms with E-state index in [1.165, 1.54) is 6.33 Å². The van der Waals surface area contributed by atoms with Crippen molar-refractivity contribution >= 4 is 23.4 Å². The summed E-state index contributed by atoms with van der Waals surface area (Å²) in [6.45, 7) is 4.35. The van der Waals surface area contributed by atoms with E-state index in [-0.39, 0.29) is 0 Å². The van der Waals surface area contributed by atoms with Gasteiger partial charge in [-0.2, -0.15) is 0 Å². The van der Waals surface area contributed by atoms with Gasteiger partial charge in [0.05, 0.1) is 11.2 Å². The summed E-state index contributed by atoms with van der Waals surface area (Å²) >= 11 is 7.67. The van der Waals surface area contributed by atoms with Gasteiger partial charge >= 0.3 is 0 Å². The lowest BCUT2D eigenvalue weighted by Gasteiger charge is -2.10. The van der Waals surface area contributed by atoms with E-state index in [4.69, 9.17) is 11.6 Å². The van der Waals surface area contributed by atoms with E-state index in [0.717, 1.165) is 17.9 Å². The SMILES string of the molecule is CCC(CC)Sc1ncncc1Cl. The van der Waals surface area contributed by atoms with Crippen LogP contribution >= 0.6 is 23.4 Å². The van der Waals surface area contributed by atoms with Crippen LogP contribution in [0.15, 0.2) is 17.6 Å². The summed E-state index contributed by atoms with van der Waals surface area (Å²) in [5, 5.41) is 2.15. The fourth-order valence-electron chi connectivity index (χ4n) is 1.00. The van der Waals surface area contributed by atoms with Gasteiger partial charge in [0.15, 0.2) is 0 Å². The lowest BCUT2D eigenvalue weighted by Crippen LogP contribution is -1.98. The molecular formula is C9H13ClN2S. The molecule has 0 fully saturated rings. The van der Waals surface area contributed by atoms with E-state index in [1.54, 1.807) is 18.0 Å². The van der Waals surface area contributed by atoms with Crippen LogP contribution < -0.4 is 0 Å². The van der Waals surface area contributed by atoms with Crippen LogP contribution in [0.2, 0.25) is 5.02 Å². The first-order valence-corrected chi connectivity index (χ1v) is 5.65. The van der Waals surface area contributed by atoms with Crippen LogP contribution in [0, 0.1) is 0 Å². The van der Waals surface area contributed by atoms with Crippen molar-refractivity contribution in [3.05, 3.63) is 17.5 Å². The first kappa shape index (κ1) is 10.8. The number of hydrogen-bond acceptors (Lipinski definition) is 3. The van der Waals surface area contributed by atoms with E-state index in [2.05, 4.69) is 23.8 Å². The Morgan fingerprint density at radius 1 is 1.46 bits per heavy atom. The van der Waals surface area contributed by atoms with Crippen molar-refractivity contribution in [2.45, 2.75) is 37.0 Å². The standard InChI is InChI=1S/C9H13ClN2S/c1-3-7(4-2)13-9-8(10)5-11-6-12-9/h5-7H,3-4H2,1-2H3. The minimum atomic E-state index is 0.604. The first-order valence-electron chi connectivity index (χ1n) is 4.40. The summed E-state index contributed by atoms with van der Waals surface area (Å²) in [7, 11) is 0. The van der Waals surface area contributed by atoms with Crippen molar-refractivity contribution in [3.8, 4) is 0 Å². The molecule has 0 radical (unpaired) electrons. The molecule has 1 aromatic rings. The highest BCUT2D eigenvalue weighted by molar-refractivity contribution is 8.00. The molecule has 0 aliphatic heterocycles. The average molecular weight is 217 g/mol. The summed E-state index contributed by atoms with van der Waals surface area (Å²) in [5.74, 6) is 0. The van der Waals surface area contributed by atoms with Crippen molar-refractivity contribution in [3.63, 3.8) is 0 Å². The van der Waals surface area contributed by atoms with Crippen LogP contribution in [0.5, 0.6) is 0 Å². The minimum Gasteiger partial charge on any atom is -0.243 e.